The van der Waals surface area contributed by atoms with Gasteiger partial charge in [0, 0.05) is 31.8 Å². The van der Waals surface area contributed by atoms with Gasteiger partial charge in [-0.25, -0.2) is 4.98 Å². The van der Waals surface area contributed by atoms with Gasteiger partial charge in [-0.1, -0.05) is 12.1 Å². The van der Waals surface area contributed by atoms with Gasteiger partial charge in [0.2, 0.25) is 5.91 Å². The third-order valence-corrected chi connectivity index (χ3v) is 4.63. The molecule has 0 saturated heterocycles. The summed E-state index contributed by atoms with van der Waals surface area (Å²) in [4.78, 5) is 21.8. The molecule has 0 atom stereocenters. The Morgan fingerprint density at radius 1 is 1.45 bits per heavy atom. The lowest BCUT2D eigenvalue weighted by Gasteiger charge is -2.22. The Hall–Kier alpha value is -1.88. The minimum Gasteiger partial charge on any atom is -0.396 e. The highest BCUT2D eigenvalue weighted by atomic mass is 16.3. The molecule has 1 heterocycles. The zero-order valence-electron chi connectivity index (χ0n) is 13.2. The quantitative estimate of drug-likeness (QED) is 0.858. The van der Waals surface area contributed by atoms with Crippen LogP contribution in [-0.2, 0) is 11.2 Å². The molecule has 1 amide bonds. The maximum absolute atomic E-state index is 12.2. The first-order valence-electron chi connectivity index (χ1n) is 7.82. The fourth-order valence-electron chi connectivity index (χ4n) is 2.90. The van der Waals surface area contributed by atoms with Gasteiger partial charge in [-0.3, -0.25) is 4.79 Å². The molecule has 2 N–H and O–H groups in total. The molecule has 2 aromatic rings. The molecule has 0 unspecified atom stereocenters. The molecule has 1 aliphatic carbocycles. The summed E-state index contributed by atoms with van der Waals surface area (Å²) in [5, 5.41) is 9.35. The van der Waals surface area contributed by atoms with Crippen LogP contribution < -0.4 is 0 Å². The zero-order valence-corrected chi connectivity index (χ0v) is 13.2. The lowest BCUT2D eigenvalue weighted by atomic mass is 10.1. The number of imidazole rings is 1. The number of aromatic nitrogens is 2. The number of rotatable bonds is 6. The highest BCUT2D eigenvalue weighted by Crippen LogP contribution is 2.45. The molecule has 1 aromatic heterocycles. The maximum Gasteiger partial charge on any atom is 0.222 e. The van der Waals surface area contributed by atoms with E-state index in [9.17, 15) is 9.90 Å². The van der Waals surface area contributed by atoms with Crippen LogP contribution in [0.4, 0.5) is 0 Å². The number of benzene rings is 1. The number of carbonyl (C=O) groups excluding carboxylic acids is 1. The average molecular weight is 301 g/mol. The molecule has 0 spiro atoms. The summed E-state index contributed by atoms with van der Waals surface area (Å²) in [6.07, 6.45) is 3.09. The van der Waals surface area contributed by atoms with Crippen molar-refractivity contribution in [3.05, 3.63) is 29.6 Å². The molecule has 1 aliphatic rings. The summed E-state index contributed by atoms with van der Waals surface area (Å²) in [7, 11) is 1.82. The second kappa shape index (κ2) is 5.72. The van der Waals surface area contributed by atoms with Crippen LogP contribution in [0, 0.1) is 12.3 Å². The molecule has 0 aliphatic heterocycles. The molecule has 3 rings (SSSR count). The van der Waals surface area contributed by atoms with Crippen molar-refractivity contribution >= 4 is 16.9 Å². The number of nitrogens with zero attached hydrogens (tertiary/aromatic N) is 2. The third kappa shape index (κ3) is 2.99. The SMILES string of the molecule is Cc1cccc2[nH]c(CCC(=O)N(C)CC3(CO)CC3)nc12. The highest BCUT2D eigenvalue weighted by Gasteiger charge is 2.43. The van der Waals surface area contributed by atoms with E-state index in [-0.39, 0.29) is 17.9 Å². The minimum atomic E-state index is -0.0269. The number of amides is 1. The monoisotopic (exact) mass is 301 g/mol. The normalized spacial score (nSPS) is 16.0. The van der Waals surface area contributed by atoms with Gasteiger partial charge in [0.15, 0.2) is 0 Å². The first-order valence-corrected chi connectivity index (χ1v) is 7.82. The van der Waals surface area contributed by atoms with Crippen molar-refractivity contribution in [1.29, 1.82) is 0 Å². The van der Waals surface area contributed by atoms with Crippen LogP contribution in [0.2, 0.25) is 0 Å². The van der Waals surface area contributed by atoms with Gasteiger partial charge in [0.05, 0.1) is 17.6 Å². The van der Waals surface area contributed by atoms with E-state index < -0.39 is 0 Å². The first kappa shape index (κ1) is 15.0. The predicted octanol–water partition coefficient (Wildman–Crippen LogP) is 2.03. The van der Waals surface area contributed by atoms with Crippen molar-refractivity contribution in [3.63, 3.8) is 0 Å². The Morgan fingerprint density at radius 2 is 2.23 bits per heavy atom. The summed E-state index contributed by atoms with van der Waals surface area (Å²) in [5.41, 5.74) is 3.12. The minimum absolute atomic E-state index is 0.0269. The smallest absolute Gasteiger partial charge is 0.222 e. The fourth-order valence-corrected chi connectivity index (χ4v) is 2.90. The van der Waals surface area contributed by atoms with Crippen LogP contribution in [0.5, 0.6) is 0 Å². The van der Waals surface area contributed by atoms with Crippen LogP contribution in [0.1, 0.15) is 30.7 Å². The Balaban J connectivity index is 1.59. The molecule has 118 valence electrons. The van der Waals surface area contributed by atoms with Gasteiger partial charge >= 0.3 is 0 Å². The molecule has 0 bridgehead atoms. The van der Waals surface area contributed by atoms with Crippen LogP contribution in [0.25, 0.3) is 11.0 Å². The van der Waals surface area contributed by atoms with Gasteiger partial charge < -0.3 is 15.0 Å². The van der Waals surface area contributed by atoms with E-state index in [1.54, 1.807) is 4.90 Å². The largest absolute Gasteiger partial charge is 0.396 e. The van der Waals surface area contributed by atoms with E-state index >= 15 is 0 Å². The number of nitrogens with one attached hydrogen (secondary N) is 1. The highest BCUT2D eigenvalue weighted by molar-refractivity contribution is 5.79. The van der Waals surface area contributed by atoms with Crippen LogP contribution >= 0.6 is 0 Å². The van der Waals surface area contributed by atoms with E-state index in [2.05, 4.69) is 9.97 Å². The molecule has 0 radical (unpaired) electrons. The first-order chi connectivity index (χ1) is 10.5. The van der Waals surface area contributed by atoms with Crippen molar-refractivity contribution in [3.8, 4) is 0 Å². The Morgan fingerprint density at radius 3 is 2.86 bits per heavy atom. The summed E-state index contributed by atoms with van der Waals surface area (Å²) in [6.45, 7) is 2.87. The number of aliphatic hydroxyl groups excluding tert-OH is 1. The molecular formula is C17H23N3O2. The summed E-state index contributed by atoms with van der Waals surface area (Å²) < 4.78 is 0. The van der Waals surface area contributed by atoms with Crippen molar-refractivity contribution in [2.75, 3.05) is 20.2 Å². The molecule has 22 heavy (non-hydrogen) atoms. The number of aromatic amines is 1. The van der Waals surface area contributed by atoms with Crippen molar-refractivity contribution in [2.24, 2.45) is 5.41 Å². The summed E-state index contributed by atoms with van der Waals surface area (Å²) in [6, 6.07) is 6.04. The molecule has 5 heteroatoms. The topological polar surface area (TPSA) is 69.2 Å². The Kier molecular flexibility index (Phi) is 3.91. The Labute approximate surface area is 130 Å². The number of H-pyrrole nitrogens is 1. The molecule has 1 aromatic carbocycles. The second-order valence-corrected chi connectivity index (χ2v) is 6.56. The molecule has 1 fully saturated rings. The molecule has 5 nitrogen and oxygen atoms in total. The standard InChI is InChI=1S/C17H23N3O2/c1-12-4-3-5-13-16(12)19-14(18-13)6-7-15(22)20(2)10-17(11-21)8-9-17/h3-5,21H,6-11H2,1-2H3,(H,18,19). The number of para-hydroxylation sites is 1. The predicted molar refractivity (Wildman–Crippen MR) is 85.5 cm³/mol. The van der Waals surface area contributed by atoms with E-state index in [0.29, 0.717) is 19.4 Å². The lowest BCUT2D eigenvalue weighted by Crippen LogP contribution is -2.34. The molecule has 1 saturated carbocycles. The van der Waals surface area contributed by atoms with Gasteiger partial charge in [0.25, 0.3) is 0 Å². The third-order valence-electron chi connectivity index (χ3n) is 4.63. The lowest BCUT2D eigenvalue weighted by molar-refractivity contribution is -0.130. The van der Waals surface area contributed by atoms with E-state index in [4.69, 9.17) is 0 Å². The van der Waals surface area contributed by atoms with Crippen LogP contribution in [-0.4, -0.2) is 46.1 Å². The van der Waals surface area contributed by atoms with Gasteiger partial charge in [0.1, 0.15) is 5.82 Å². The Bertz CT molecular complexity index is 688. The van der Waals surface area contributed by atoms with Gasteiger partial charge in [-0.05, 0) is 31.4 Å². The number of hydrogen-bond donors (Lipinski definition) is 2. The summed E-state index contributed by atoms with van der Waals surface area (Å²) >= 11 is 0. The van der Waals surface area contributed by atoms with Gasteiger partial charge in [-0.2, -0.15) is 0 Å². The van der Waals surface area contributed by atoms with E-state index in [1.807, 2.05) is 32.2 Å². The van der Waals surface area contributed by atoms with Crippen LogP contribution in [0.3, 0.4) is 0 Å². The number of aryl methyl sites for hydroxylation is 2. The number of aliphatic hydroxyl groups is 1. The number of carbonyl (C=O) groups is 1. The van der Waals surface area contributed by atoms with Gasteiger partial charge in [-0.15, -0.1) is 0 Å². The second-order valence-electron chi connectivity index (χ2n) is 6.56. The van der Waals surface area contributed by atoms with Crippen molar-refractivity contribution < 1.29 is 9.90 Å². The van der Waals surface area contributed by atoms with Crippen molar-refractivity contribution in [1.82, 2.24) is 14.9 Å². The average Bonchev–Trinajstić information content (AvgIpc) is 3.14. The fraction of sp³-hybridized carbons (Fsp3) is 0.529. The van der Waals surface area contributed by atoms with Crippen molar-refractivity contribution in [2.45, 2.75) is 32.6 Å². The van der Waals surface area contributed by atoms with E-state index in [0.717, 1.165) is 35.3 Å². The van der Waals surface area contributed by atoms with Crippen LogP contribution in [0.15, 0.2) is 18.2 Å². The maximum atomic E-state index is 12.2. The number of hydrogen-bond acceptors (Lipinski definition) is 3. The summed E-state index contributed by atoms with van der Waals surface area (Å²) in [5.74, 6) is 0.964. The number of fused-ring (bicyclic) bond motifs is 1. The zero-order chi connectivity index (χ0) is 15.7. The van der Waals surface area contributed by atoms with E-state index in [1.165, 1.54) is 0 Å². The molecular weight excluding hydrogens is 278 g/mol.